The highest BCUT2D eigenvalue weighted by Gasteiger charge is 2.36. The lowest BCUT2D eigenvalue weighted by molar-refractivity contribution is -0.141. The molecule has 0 saturated heterocycles. The third-order valence-corrected chi connectivity index (χ3v) is 7.89. The molecule has 0 amide bonds. The molecule has 3 heterocycles. The molecule has 0 saturated carbocycles. The second-order valence-electron chi connectivity index (χ2n) is 9.89. The maximum atomic E-state index is 12.3. The Kier molecular flexibility index (Phi) is 6.45. The molecule has 7 heteroatoms. The number of fused-ring (bicyclic) bond motifs is 6. The average molecular weight is 513 g/mol. The highest BCUT2D eigenvalue weighted by molar-refractivity contribution is 5.88. The highest BCUT2D eigenvalue weighted by Crippen LogP contribution is 2.45. The van der Waals surface area contributed by atoms with Crippen molar-refractivity contribution in [3.8, 4) is 17.2 Å². The van der Waals surface area contributed by atoms with Crippen molar-refractivity contribution in [1.82, 2.24) is 9.47 Å². The van der Waals surface area contributed by atoms with E-state index in [1.807, 2.05) is 30.3 Å². The standard InChI is InChI=1S/C31H32N2O5/c1-35-22-9-10-26-24(14-22)25-15-27-23-16-30(38-19-20-7-5-4-6-8-20)29(36-2)13-21(23)11-12-32(27)17-28(25)33(26)18-31(34)37-3/h4-10,13-14,16,27H,11-12,15,17-19H2,1-3H3. The Hall–Kier alpha value is -3.97. The largest absolute Gasteiger partial charge is 0.497 e. The van der Waals surface area contributed by atoms with Crippen LogP contribution < -0.4 is 14.2 Å². The lowest BCUT2D eigenvalue weighted by Crippen LogP contribution is -2.40. The number of aromatic nitrogens is 1. The third kappa shape index (κ3) is 4.27. The first-order valence-corrected chi connectivity index (χ1v) is 13.0. The molecule has 0 radical (unpaired) electrons. The molecule has 2 aliphatic heterocycles. The first kappa shape index (κ1) is 24.4. The minimum Gasteiger partial charge on any atom is -0.497 e. The SMILES string of the molecule is COC(=O)Cn1c2c(c3cc(OC)ccc31)CC1c3cc(OCc4ccccc4)c(OC)cc3CCN1C2. The lowest BCUT2D eigenvalue weighted by Gasteiger charge is -2.41. The summed E-state index contributed by atoms with van der Waals surface area (Å²) in [5.41, 5.74) is 7.16. The van der Waals surface area contributed by atoms with Crippen molar-refractivity contribution in [1.29, 1.82) is 0 Å². The topological polar surface area (TPSA) is 62.2 Å². The van der Waals surface area contributed by atoms with Crippen molar-refractivity contribution in [3.63, 3.8) is 0 Å². The van der Waals surface area contributed by atoms with Gasteiger partial charge >= 0.3 is 5.97 Å². The zero-order chi connectivity index (χ0) is 26.2. The molecule has 0 bridgehead atoms. The van der Waals surface area contributed by atoms with Crippen molar-refractivity contribution in [3.05, 3.63) is 88.6 Å². The van der Waals surface area contributed by atoms with E-state index in [0.717, 1.165) is 59.6 Å². The van der Waals surface area contributed by atoms with Crippen molar-refractivity contribution in [2.75, 3.05) is 27.9 Å². The van der Waals surface area contributed by atoms with Gasteiger partial charge in [-0.1, -0.05) is 30.3 Å². The smallest absolute Gasteiger partial charge is 0.325 e. The van der Waals surface area contributed by atoms with E-state index in [2.05, 4.69) is 39.8 Å². The highest BCUT2D eigenvalue weighted by atomic mass is 16.5. The third-order valence-electron chi connectivity index (χ3n) is 7.89. The molecule has 196 valence electrons. The van der Waals surface area contributed by atoms with E-state index in [1.54, 1.807) is 14.2 Å². The van der Waals surface area contributed by atoms with E-state index in [0.29, 0.717) is 6.61 Å². The van der Waals surface area contributed by atoms with Crippen LogP contribution in [0.5, 0.6) is 17.2 Å². The predicted octanol–water partition coefficient (Wildman–Crippen LogP) is 5.07. The van der Waals surface area contributed by atoms with Crippen molar-refractivity contribution in [2.45, 2.75) is 38.6 Å². The predicted molar refractivity (Wildman–Crippen MR) is 145 cm³/mol. The molecule has 6 rings (SSSR count). The molecule has 0 N–H and O–H groups in total. The van der Waals surface area contributed by atoms with Crippen LogP contribution in [0, 0.1) is 0 Å². The van der Waals surface area contributed by atoms with Gasteiger partial charge in [-0.3, -0.25) is 9.69 Å². The number of hydrogen-bond donors (Lipinski definition) is 0. The Balaban J connectivity index is 1.39. The maximum Gasteiger partial charge on any atom is 0.325 e. The summed E-state index contributed by atoms with van der Waals surface area (Å²) in [6.07, 6.45) is 1.77. The van der Waals surface area contributed by atoms with Crippen LogP contribution >= 0.6 is 0 Å². The van der Waals surface area contributed by atoms with Gasteiger partial charge in [0.2, 0.25) is 0 Å². The molecule has 0 aliphatic carbocycles. The fourth-order valence-electron chi connectivity index (χ4n) is 5.95. The summed E-state index contributed by atoms with van der Waals surface area (Å²) in [5, 5.41) is 1.13. The van der Waals surface area contributed by atoms with Crippen molar-refractivity contribution in [2.24, 2.45) is 0 Å². The van der Waals surface area contributed by atoms with E-state index in [-0.39, 0.29) is 18.6 Å². The summed E-state index contributed by atoms with van der Waals surface area (Å²) >= 11 is 0. The molecule has 2 aliphatic rings. The number of carbonyl (C=O) groups is 1. The molecular formula is C31H32N2O5. The zero-order valence-corrected chi connectivity index (χ0v) is 22.0. The molecule has 0 fully saturated rings. The molecule has 0 spiro atoms. The average Bonchev–Trinajstić information content (AvgIpc) is 3.26. The fourth-order valence-corrected chi connectivity index (χ4v) is 5.95. The number of ether oxygens (including phenoxy) is 4. The van der Waals surface area contributed by atoms with Gasteiger partial charge in [0.25, 0.3) is 0 Å². The van der Waals surface area contributed by atoms with Crippen molar-refractivity contribution >= 4 is 16.9 Å². The molecule has 3 aromatic carbocycles. The van der Waals surface area contributed by atoms with Crippen LogP contribution in [0.4, 0.5) is 0 Å². The quantitative estimate of drug-likeness (QED) is 0.323. The van der Waals surface area contributed by atoms with E-state index in [4.69, 9.17) is 18.9 Å². The number of rotatable bonds is 7. The van der Waals surface area contributed by atoms with Crippen LogP contribution in [0.15, 0.2) is 60.7 Å². The second kappa shape index (κ2) is 10.1. The number of esters is 1. The normalized spacial score (nSPS) is 16.3. The summed E-state index contributed by atoms with van der Waals surface area (Å²) < 4.78 is 24.7. The Morgan fingerprint density at radius 1 is 0.974 bits per heavy atom. The number of carbonyl (C=O) groups excluding carboxylic acids is 1. The first-order valence-electron chi connectivity index (χ1n) is 13.0. The summed E-state index contributed by atoms with van der Waals surface area (Å²) in [6, 6.07) is 20.8. The Morgan fingerprint density at radius 2 is 1.82 bits per heavy atom. The van der Waals surface area contributed by atoms with Gasteiger partial charge in [-0.05, 0) is 65.4 Å². The van der Waals surface area contributed by atoms with Gasteiger partial charge in [-0.2, -0.15) is 0 Å². The number of nitrogens with zero attached hydrogens (tertiary/aromatic N) is 2. The number of methoxy groups -OCH3 is 3. The van der Waals surface area contributed by atoms with Gasteiger partial charge in [0.1, 0.15) is 18.9 Å². The fraction of sp³-hybridized carbons (Fsp3) is 0.323. The monoisotopic (exact) mass is 512 g/mol. The van der Waals surface area contributed by atoms with Crippen LogP contribution in [-0.4, -0.2) is 43.3 Å². The Labute approximate surface area is 222 Å². The zero-order valence-electron chi connectivity index (χ0n) is 22.0. The maximum absolute atomic E-state index is 12.3. The van der Waals surface area contributed by atoms with Crippen molar-refractivity contribution < 1.29 is 23.7 Å². The van der Waals surface area contributed by atoms with E-state index in [1.165, 1.54) is 29.5 Å². The Bertz CT molecular complexity index is 1490. The van der Waals surface area contributed by atoms with E-state index >= 15 is 0 Å². The van der Waals surface area contributed by atoms with Crippen LogP contribution in [0.25, 0.3) is 10.9 Å². The van der Waals surface area contributed by atoms with Gasteiger partial charge in [-0.25, -0.2) is 0 Å². The minimum absolute atomic E-state index is 0.193. The molecule has 1 atom stereocenters. The molecule has 4 aromatic rings. The molecule has 38 heavy (non-hydrogen) atoms. The number of benzene rings is 3. The minimum atomic E-state index is -0.251. The first-order chi connectivity index (χ1) is 18.6. The van der Waals surface area contributed by atoms with E-state index in [9.17, 15) is 4.79 Å². The lowest BCUT2D eigenvalue weighted by atomic mass is 9.85. The molecule has 1 unspecified atom stereocenters. The van der Waals surface area contributed by atoms with Crippen LogP contribution in [0.3, 0.4) is 0 Å². The van der Waals surface area contributed by atoms with Crippen LogP contribution in [0.1, 0.15) is 34.0 Å². The van der Waals surface area contributed by atoms with Gasteiger partial charge in [0.05, 0.1) is 21.3 Å². The molecule has 7 nitrogen and oxygen atoms in total. The van der Waals surface area contributed by atoms with Gasteiger partial charge < -0.3 is 23.5 Å². The Morgan fingerprint density at radius 3 is 2.58 bits per heavy atom. The van der Waals surface area contributed by atoms with Gasteiger partial charge in [0, 0.05) is 35.7 Å². The van der Waals surface area contributed by atoms with Gasteiger partial charge in [-0.15, -0.1) is 0 Å². The van der Waals surface area contributed by atoms with Gasteiger partial charge in [0.15, 0.2) is 11.5 Å². The summed E-state index contributed by atoms with van der Waals surface area (Å²) in [4.78, 5) is 14.8. The summed E-state index contributed by atoms with van der Waals surface area (Å²) in [5.74, 6) is 2.09. The number of hydrogen-bond acceptors (Lipinski definition) is 6. The van der Waals surface area contributed by atoms with E-state index < -0.39 is 0 Å². The molecule has 1 aromatic heterocycles. The second-order valence-corrected chi connectivity index (χ2v) is 9.89. The summed E-state index contributed by atoms with van der Waals surface area (Å²) in [7, 11) is 4.82. The summed E-state index contributed by atoms with van der Waals surface area (Å²) in [6.45, 7) is 2.38. The molecular weight excluding hydrogens is 480 g/mol. The van der Waals surface area contributed by atoms with Crippen LogP contribution in [0.2, 0.25) is 0 Å². The van der Waals surface area contributed by atoms with Crippen LogP contribution in [-0.2, 0) is 42.1 Å².